The van der Waals surface area contributed by atoms with Crippen molar-refractivity contribution in [3.63, 3.8) is 0 Å². The summed E-state index contributed by atoms with van der Waals surface area (Å²) in [6, 6.07) is 9.53. The Hall–Kier alpha value is -2.27. The molecule has 154 valence electrons. The molecule has 0 bridgehead atoms. The third kappa shape index (κ3) is 7.58. The van der Waals surface area contributed by atoms with Crippen molar-refractivity contribution >= 4 is 41.3 Å². The molecule has 1 aromatic carbocycles. The minimum atomic E-state index is -0.306. The fourth-order valence-electron chi connectivity index (χ4n) is 2.38. The Morgan fingerprint density at radius 1 is 1.17 bits per heavy atom. The number of aromatic nitrogens is 2. The number of rotatable bonds is 7. The van der Waals surface area contributed by atoms with E-state index in [4.69, 9.17) is 4.74 Å². The van der Waals surface area contributed by atoms with E-state index in [2.05, 4.69) is 25.6 Å². The van der Waals surface area contributed by atoms with Crippen LogP contribution in [0, 0.1) is 12.7 Å². The van der Waals surface area contributed by atoms with Gasteiger partial charge < -0.3 is 15.4 Å². The Labute approximate surface area is 190 Å². The predicted molar refractivity (Wildman–Crippen MR) is 125 cm³/mol. The number of halogens is 2. The molecule has 0 aliphatic carbocycles. The van der Waals surface area contributed by atoms with Crippen molar-refractivity contribution in [3.8, 4) is 11.6 Å². The first kappa shape index (κ1) is 23.0. The summed E-state index contributed by atoms with van der Waals surface area (Å²) in [5.41, 5.74) is 0.953. The van der Waals surface area contributed by atoms with E-state index in [1.54, 1.807) is 29.7 Å². The summed E-state index contributed by atoms with van der Waals surface area (Å²) >= 11 is 1.66. The quantitative estimate of drug-likeness (QED) is 0.266. The summed E-state index contributed by atoms with van der Waals surface area (Å²) in [6.07, 6.45) is 3.54. The molecule has 0 saturated carbocycles. The van der Waals surface area contributed by atoms with E-state index in [1.807, 2.05) is 32.2 Å². The van der Waals surface area contributed by atoms with Crippen LogP contribution >= 0.6 is 35.3 Å². The fraction of sp³-hybridized carbons (Fsp3) is 0.250. The van der Waals surface area contributed by atoms with Gasteiger partial charge in [-0.2, -0.15) is 0 Å². The van der Waals surface area contributed by atoms with Gasteiger partial charge >= 0.3 is 0 Å². The molecule has 29 heavy (non-hydrogen) atoms. The minimum Gasteiger partial charge on any atom is -0.439 e. The standard InChI is InChI=1S/C20H22FN5OS.HI/c1-3-22-20(26-13-19-24-11-14(2)28-19)25-12-15-8-9-23-18(10-15)27-17-6-4-16(21)5-7-17;/h4-11H,3,12-13H2,1-2H3,(H2,22,25,26);1H. The maximum atomic E-state index is 13.0. The summed E-state index contributed by atoms with van der Waals surface area (Å²) < 4.78 is 18.7. The zero-order valence-electron chi connectivity index (χ0n) is 16.2. The van der Waals surface area contributed by atoms with E-state index in [0.29, 0.717) is 30.7 Å². The van der Waals surface area contributed by atoms with Gasteiger partial charge in [-0.05, 0) is 49.7 Å². The monoisotopic (exact) mass is 527 g/mol. The molecule has 9 heteroatoms. The van der Waals surface area contributed by atoms with Crippen molar-refractivity contribution in [2.24, 2.45) is 4.99 Å². The number of pyridine rings is 1. The highest BCUT2D eigenvalue weighted by molar-refractivity contribution is 14.0. The molecule has 2 heterocycles. The Bertz CT molecular complexity index is 933. The number of benzene rings is 1. The first-order valence-corrected chi connectivity index (χ1v) is 9.76. The number of thiazole rings is 1. The number of guanidine groups is 1. The molecule has 3 aromatic rings. The first-order valence-electron chi connectivity index (χ1n) is 8.94. The van der Waals surface area contributed by atoms with Crippen LogP contribution in [-0.4, -0.2) is 22.5 Å². The van der Waals surface area contributed by atoms with Gasteiger partial charge in [-0.1, -0.05) is 0 Å². The van der Waals surface area contributed by atoms with Crippen LogP contribution in [0.25, 0.3) is 0 Å². The summed E-state index contributed by atoms with van der Waals surface area (Å²) in [5.74, 6) is 1.38. The average Bonchev–Trinajstić information content (AvgIpc) is 3.11. The van der Waals surface area contributed by atoms with Gasteiger partial charge in [0.25, 0.3) is 0 Å². The zero-order valence-corrected chi connectivity index (χ0v) is 19.3. The summed E-state index contributed by atoms with van der Waals surface area (Å²) in [5, 5.41) is 7.52. The summed E-state index contributed by atoms with van der Waals surface area (Å²) in [6.45, 7) is 5.91. The topological polar surface area (TPSA) is 71.4 Å². The number of aryl methyl sites for hydroxylation is 1. The van der Waals surface area contributed by atoms with E-state index in [0.717, 1.165) is 17.1 Å². The SMILES string of the molecule is CCNC(=NCc1ccnc(Oc2ccc(F)cc2)c1)NCc1ncc(C)s1.I. The van der Waals surface area contributed by atoms with E-state index >= 15 is 0 Å². The van der Waals surface area contributed by atoms with Crippen LogP contribution in [0.15, 0.2) is 53.8 Å². The number of nitrogens with zero attached hydrogens (tertiary/aromatic N) is 3. The Balaban J connectivity index is 0.00000300. The zero-order chi connectivity index (χ0) is 19.8. The second-order valence-corrected chi connectivity index (χ2v) is 7.29. The molecule has 6 nitrogen and oxygen atoms in total. The van der Waals surface area contributed by atoms with Crippen LogP contribution in [0.2, 0.25) is 0 Å². The van der Waals surface area contributed by atoms with Gasteiger partial charge in [0.05, 0.1) is 13.1 Å². The molecular weight excluding hydrogens is 504 g/mol. The van der Waals surface area contributed by atoms with E-state index < -0.39 is 0 Å². The highest BCUT2D eigenvalue weighted by Crippen LogP contribution is 2.20. The van der Waals surface area contributed by atoms with E-state index in [-0.39, 0.29) is 29.8 Å². The highest BCUT2D eigenvalue weighted by atomic mass is 127. The Morgan fingerprint density at radius 2 is 1.97 bits per heavy atom. The lowest BCUT2D eigenvalue weighted by atomic mass is 10.2. The number of ether oxygens (including phenoxy) is 1. The molecule has 0 atom stereocenters. The van der Waals surface area contributed by atoms with Crippen LogP contribution in [0.1, 0.15) is 22.4 Å². The van der Waals surface area contributed by atoms with E-state index in [1.165, 1.54) is 17.0 Å². The molecule has 0 amide bonds. The number of nitrogens with one attached hydrogen (secondary N) is 2. The van der Waals surface area contributed by atoms with Gasteiger partial charge in [0, 0.05) is 29.9 Å². The van der Waals surface area contributed by atoms with Crippen molar-refractivity contribution in [3.05, 3.63) is 70.1 Å². The number of hydrogen-bond acceptors (Lipinski definition) is 5. The lowest BCUT2D eigenvalue weighted by Crippen LogP contribution is -2.36. The molecule has 2 aromatic heterocycles. The Morgan fingerprint density at radius 3 is 2.66 bits per heavy atom. The number of aliphatic imine (C=N–C) groups is 1. The van der Waals surface area contributed by atoms with Crippen molar-refractivity contribution in [2.75, 3.05) is 6.54 Å². The minimum absolute atomic E-state index is 0. The number of hydrogen-bond donors (Lipinski definition) is 2. The summed E-state index contributed by atoms with van der Waals surface area (Å²) in [7, 11) is 0. The molecule has 0 aliphatic rings. The smallest absolute Gasteiger partial charge is 0.219 e. The van der Waals surface area contributed by atoms with Gasteiger partial charge in [-0.15, -0.1) is 35.3 Å². The maximum Gasteiger partial charge on any atom is 0.219 e. The predicted octanol–water partition coefficient (Wildman–Crippen LogP) is 4.65. The fourth-order valence-corrected chi connectivity index (χ4v) is 3.11. The largest absolute Gasteiger partial charge is 0.439 e. The van der Waals surface area contributed by atoms with Gasteiger partial charge in [-0.3, -0.25) is 0 Å². The second-order valence-electron chi connectivity index (χ2n) is 5.97. The summed E-state index contributed by atoms with van der Waals surface area (Å²) in [4.78, 5) is 14.3. The van der Waals surface area contributed by atoms with Gasteiger partial charge in [0.1, 0.15) is 16.6 Å². The molecular formula is C20H23FIN5OS. The lowest BCUT2D eigenvalue weighted by Gasteiger charge is -2.10. The molecule has 0 saturated heterocycles. The molecule has 3 rings (SSSR count). The van der Waals surface area contributed by atoms with Crippen molar-refractivity contribution in [1.29, 1.82) is 0 Å². The third-order valence-electron chi connectivity index (χ3n) is 3.68. The van der Waals surface area contributed by atoms with Crippen molar-refractivity contribution in [2.45, 2.75) is 26.9 Å². The Kier molecular flexibility index (Phi) is 9.26. The van der Waals surface area contributed by atoms with E-state index in [9.17, 15) is 4.39 Å². The molecule has 0 spiro atoms. The normalized spacial score (nSPS) is 10.9. The van der Waals surface area contributed by atoms with Crippen LogP contribution in [-0.2, 0) is 13.1 Å². The molecule has 0 unspecified atom stereocenters. The van der Waals surface area contributed by atoms with Crippen molar-refractivity contribution < 1.29 is 9.13 Å². The van der Waals surface area contributed by atoms with Crippen molar-refractivity contribution in [1.82, 2.24) is 20.6 Å². The highest BCUT2D eigenvalue weighted by Gasteiger charge is 2.04. The molecule has 0 fully saturated rings. The first-order chi connectivity index (χ1) is 13.6. The van der Waals surface area contributed by atoms with Gasteiger partial charge in [-0.25, -0.2) is 19.4 Å². The third-order valence-corrected chi connectivity index (χ3v) is 4.59. The maximum absolute atomic E-state index is 13.0. The van der Waals surface area contributed by atoms with Crippen LogP contribution < -0.4 is 15.4 Å². The van der Waals surface area contributed by atoms with Crippen LogP contribution in [0.5, 0.6) is 11.6 Å². The van der Waals surface area contributed by atoms with Crippen LogP contribution in [0.4, 0.5) is 4.39 Å². The van der Waals surface area contributed by atoms with Gasteiger partial charge in [0.15, 0.2) is 5.96 Å². The molecule has 2 N–H and O–H groups in total. The molecule has 0 radical (unpaired) electrons. The van der Waals surface area contributed by atoms with Crippen LogP contribution in [0.3, 0.4) is 0 Å². The lowest BCUT2D eigenvalue weighted by molar-refractivity contribution is 0.460. The van der Waals surface area contributed by atoms with Gasteiger partial charge in [0.2, 0.25) is 5.88 Å². The second kappa shape index (κ2) is 11.7. The molecule has 0 aliphatic heterocycles. The average molecular weight is 527 g/mol.